The van der Waals surface area contributed by atoms with E-state index in [0.29, 0.717) is 41.9 Å². The van der Waals surface area contributed by atoms with Crippen LogP contribution in [0.3, 0.4) is 0 Å². The average Bonchev–Trinajstić information content (AvgIpc) is 2.70. The van der Waals surface area contributed by atoms with Crippen molar-refractivity contribution in [1.82, 2.24) is 15.2 Å². The molecule has 0 saturated carbocycles. The number of methoxy groups -OCH3 is 1. The molecule has 152 valence electrons. The normalized spacial score (nSPS) is 10.9. The van der Waals surface area contributed by atoms with Crippen LogP contribution in [0.5, 0.6) is 0 Å². The molecule has 0 bridgehead atoms. The number of fused-ring (bicyclic) bond motifs is 1. The number of aromatic nitrogens is 1. The van der Waals surface area contributed by atoms with E-state index in [1.165, 1.54) is 0 Å². The summed E-state index contributed by atoms with van der Waals surface area (Å²) < 4.78 is 5.09. The van der Waals surface area contributed by atoms with Crippen molar-refractivity contribution < 1.29 is 4.74 Å². The first-order valence-electron chi connectivity index (χ1n) is 9.35. The van der Waals surface area contributed by atoms with Gasteiger partial charge in [-0.05, 0) is 53.9 Å². The Kier molecular flexibility index (Phi) is 7.25. The van der Waals surface area contributed by atoms with Gasteiger partial charge < -0.3 is 19.9 Å². The predicted molar refractivity (Wildman–Crippen MR) is 122 cm³/mol. The fourth-order valence-corrected chi connectivity index (χ4v) is 3.48. The molecule has 2 aromatic carbocycles. The summed E-state index contributed by atoms with van der Waals surface area (Å²) in [5, 5.41) is 5.36. The second-order valence-corrected chi connectivity index (χ2v) is 7.67. The minimum Gasteiger partial charge on any atom is -0.383 e. The Morgan fingerprint density at radius 2 is 1.97 bits per heavy atom. The Hall–Kier alpha value is -2.41. The number of ether oxygens (including phenoxy) is 1. The van der Waals surface area contributed by atoms with Crippen LogP contribution in [0, 0.1) is 6.92 Å². The summed E-state index contributed by atoms with van der Waals surface area (Å²) in [7, 11) is 1.65. The van der Waals surface area contributed by atoms with Crippen LogP contribution in [0.15, 0.2) is 53.3 Å². The van der Waals surface area contributed by atoms with E-state index in [0.717, 1.165) is 22.0 Å². The number of nitrogens with zero attached hydrogens (tertiary/aromatic N) is 1. The molecular formula is C22H24ClN3O2S. The standard InChI is InChI=1S/C22H24ClN3O2S/c1-15-10-17-11-18(21(27)25-20(17)12-19(15)23)14-26(22(29)24-8-9-28-2)13-16-6-4-3-5-7-16/h3-7,10-12H,8-9,13-14H2,1-2H3,(H,24,29)(H,25,27). The monoisotopic (exact) mass is 429 g/mol. The van der Waals surface area contributed by atoms with Gasteiger partial charge in [0, 0.05) is 36.3 Å². The lowest BCUT2D eigenvalue weighted by molar-refractivity contribution is 0.202. The number of benzene rings is 2. The topological polar surface area (TPSA) is 57.4 Å². The van der Waals surface area contributed by atoms with Crippen LogP contribution in [0.25, 0.3) is 10.9 Å². The van der Waals surface area contributed by atoms with E-state index in [2.05, 4.69) is 10.3 Å². The number of aromatic amines is 1. The maximum Gasteiger partial charge on any atom is 0.253 e. The van der Waals surface area contributed by atoms with Gasteiger partial charge in [-0.15, -0.1) is 0 Å². The van der Waals surface area contributed by atoms with E-state index in [1.54, 1.807) is 13.2 Å². The molecule has 3 aromatic rings. The predicted octanol–water partition coefficient (Wildman–Crippen LogP) is 4.01. The minimum atomic E-state index is -0.143. The number of aryl methyl sites for hydroxylation is 1. The van der Waals surface area contributed by atoms with Gasteiger partial charge in [-0.3, -0.25) is 4.79 Å². The van der Waals surface area contributed by atoms with Gasteiger partial charge in [-0.2, -0.15) is 0 Å². The zero-order chi connectivity index (χ0) is 20.8. The van der Waals surface area contributed by atoms with Crippen molar-refractivity contribution in [3.05, 3.63) is 80.6 Å². The van der Waals surface area contributed by atoms with Gasteiger partial charge in [-0.25, -0.2) is 0 Å². The molecular weight excluding hydrogens is 406 g/mol. The van der Waals surface area contributed by atoms with E-state index in [4.69, 9.17) is 28.6 Å². The Balaban J connectivity index is 1.89. The fraction of sp³-hybridized carbons (Fsp3) is 0.273. The number of pyridine rings is 1. The quantitative estimate of drug-likeness (QED) is 0.439. The van der Waals surface area contributed by atoms with Gasteiger partial charge in [-0.1, -0.05) is 41.9 Å². The van der Waals surface area contributed by atoms with Gasteiger partial charge in [0.1, 0.15) is 0 Å². The third kappa shape index (κ3) is 5.56. The molecule has 0 spiro atoms. The van der Waals surface area contributed by atoms with Crippen molar-refractivity contribution in [2.75, 3.05) is 20.3 Å². The summed E-state index contributed by atoms with van der Waals surface area (Å²) in [6.45, 7) is 4.09. The van der Waals surface area contributed by atoms with Gasteiger partial charge in [0.2, 0.25) is 0 Å². The van der Waals surface area contributed by atoms with Crippen molar-refractivity contribution in [3.8, 4) is 0 Å². The van der Waals surface area contributed by atoms with E-state index >= 15 is 0 Å². The van der Waals surface area contributed by atoms with Crippen LogP contribution in [-0.2, 0) is 17.8 Å². The van der Waals surface area contributed by atoms with Crippen LogP contribution in [0.1, 0.15) is 16.7 Å². The van der Waals surface area contributed by atoms with E-state index < -0.39 is 0 Å². The Bertz CT molecular complexity index is 1050. The first-order chi connectivity index (χ1) is 14.0. The molecule has 1 heterocycles. The highest BCUT2D eigenvalue weighted by atomic mass is 35.5. The molecule has 3 rings (SSSR count). The molecule has 29 heavy (non-hydrogen) atoms. The summed E-state index contributed by atoms with van der Waals surface area (Å²) in [5.74, 6) is 0. The Labute approximate surface area is 180 Å². The van der Waals surface area contributed by atoms with Crippen LogP contribution < -0.4 is 10.9 Å². The van der Waals surface area contributed by atoms with Crippen LogP contribution in [0.2, 0.25) is 5.02 Å². The molecule has 0 amide bonds. The molecule has 0 aliphatic rings. The number of nitrogens with one attached hydrogen (secondary N) is 2. The number of hydrogen-bond acceptors (Lipinski definition) is 3. The molecule has 0 radical (unpaired) electrons. The minimum absolute atomic E-state index is 0.143. The van der Waals surface area contributed by atoms with Crippen LogP contribution in [0.4, 0.5) is 0 Å². The highest BCUT2D eigenvalue weighted by Crippen LogP contribution is 2.22. The van der Waals surface area contributed by atoms with Crippen LogP contribution >= 0.6 is 23.8 Å². The average molecular weight is 430 g/mol. The second kappa shape index (κ2) is 9.87. The highest BCUT2D eigenvalue weighted by molar-refractivity contribution is 7.80. The van der Waals surface area contributed by atoms with E-state index in [1.807, 2.05) is 54.3 Å². The zero-order valence-electron chi connectivity index (χ0n) is 16.5. The largest absolute Gasteiger partial charge is 0.383 e. The lowest BCUT2D eigenvalue weighted by Gasteiger charge is -2.26. The highest BCUT2D eigenvalue weighted by Gasteiger charge is 2.14. The zero-order valence-corrected chi connectivity index (χ0v) is 18.1. The molecule has 5 nitrogen and oxygen atoms in total. The Morgan fingerprint density at radius 3 is 2.69 bits per heavy atom. The summed E-state index contributed by atoms with van der Waals surface area (Å²) in [6.07, 6.45) is 0. The number of H-pyrrole nitrogens is 1. The van der Waals surface area contributed by atoms with Crippen molar-refractivity contribution in [1.29, 1.82) is 0 Å². The Morgan fingerprint density at radius 1 is 1.21 bits per heavy atom. The van der Waals surface area contributed by atoms with E-state index in [-0.39, 0.29) is 5.56 Å². The summed E-state index contributed by atoms with van der Waals surface area (Å²) in [4.78, 5) is 17.6. The molecule has 2 N–H and O–H groups in total. The SMILES string of the molecule is COCCNC(=S)N(Cc1ccccc1)Cc1cc2cc(C)c(Cl)cc2[nH]c1=O. The molecule has 0 fully saturated rings. The van der Waals surface area contributed by atoms with E-state index in [9.17, 15) is 4.79 Å². The van der Waals surface area contributed by atoms with Gasteiger partial charge in [0.05, 0.1) is 13.2 Å². The molecule has 1 aromatic heterocycles. The van der Waals surface area contributed by atoms with Crippen LogP contribution in [-0.4, -0.2) is 35.3 Å². The van der Waals surface area contributed by atoms with Gasteiger partial charge in [0.15, 0.2) is 5.11 Å². The third-order valence-electron chi connectivity index (χ3n) is 4.65. The molecule has 7 heteroatoms. The first kappa shape index (κ1) is 21.3. The number of halogens is 1. The van der Waals surface area contributed by atoms with Gasteiger partial charge >= 0.3 is 0 Å². The maximum absolute atomic E-state index is 12.7. The second-order valence-electron chi connectivity index (χ2n) is 6.88. The summed E-state index contributed by atoms with van der Waals surface area (Å²) >= 11 is 11.8. The number of hydrogen-bond donors (Lipinski definition) is 2. The summed E-state index contributed by atoms with van der Waals surface area (Å²) in [6, 6.07) is 15.7. The summed E-state index contributed by atoms with van der Waals surface area (Å²) in [5.41, 5.74) is 3.31. The molecule has 0 aliphatic carbocycles. The van der Waals surface area contributed by atoms with Crippen molar-refractivity contribution in [2.45, 2.75) is 20.0 Å². The first-order valence-corrected chi connectivity index (χ1v) is 10.1. The lowest BCUT2D eigenvalue weighted by Crippen LogP contribution is -2.41. The van der Waals surface area contributed by atoms with Crippen molar-refractivity contribution >= 4 is 39.8 Å². The van der Waals surface area contributed by atoms with Crippen molar-refractivity contribution in [3.63, 3.8) is 0 Å². The molecule has 0 unspecified atom stereocenters. The molecule has 0 aliphatic heterocycles. The molecule has 0 atom stereocenters. The number of thiocarbonyl (C=S) groups is 1. The fourth-order valence-electron chi connectivity index (χ4n) is 3.09. The lowest BCUT2D eigenvalue weighted by atomic mass is 10.1. The van der Waals surface area contributed by atoms with Gasteiger partial charge in [0.25, 0.3) is 5.56 Å². The maximum atomic E-state index is 12.7. The number of rotatable bonds is 7. The van der Waals surface area contributed by atoms with Crippen molar-refractivity contribution in [2.24, 2.45) is 0 Å². The molecule has 0 saturated heterocycles. The smallest absolute Gasteiger partial charge is 0.253 e. The third-order valence-corrected chi connectivity index (χ3v) is 5.46.